The second kappa shape index (κ2) is 7.97. The highest BCUT2D eigenvalue weighted by atomic mass is 79.9. The van der Waals surface area contributed by atoms with Crippen LogP contribution in [0.25, 0.3) is 0 Å². The fraction of sp³-hybridized carbons (Fsp3) is 0.381. The molecule has 0 saturated carbocycles. The van der Waals surface area contributed by atoms with Gasteiger partial charge in [-0.2, -0.15) is 4.31 Å². The molecule has 0 radical (unpaired) electrons. The van der Waals surface area contributed by atoms with Gasteiger partial charge in [0.25, 0.3) is 0 Å². The van der Waals surface area contributed by atoms with Crippen LogP contribution in [0, 0.1) is 0 Å². The number of sulfonamides is 1. The molecule has 1 amide bonds. The Morgan fingerprint density at radius 2 is 1.68 bits per heavy atom. The molecule has 5 nitrogen and oxygen atoms in total. The minimum atomic E-state index is -3.70. The third kappa shape index (κ3) is 3.75. The van der Waals surface area contributed by atoms with Gasteiger partial charge in [0.15, 0.2) is 0 Å². The molecule has 0 spiro atoms. The molecule has 0 bridgehead atoms. The third-order valence-electron chi connectivity index (χ3n) is 5.61. The summed E-state index contributed by atoms with van der Waals surface area (Å²) in [4.78, 5) is 15.0. The Morgan fingerprint density at radius 3 is 2.39 bits per heavy atom. The highest BCUT2D eigenvalue weighted by molar-refractivity contribution is 9.10. The number of benzene rings is 2. The van der Waals surface area contributed by atoms with Gasteiger partial charge < -0.3 is 4.90 Å². The lowest BCUT2D eigenvalue weighted by atomic mass is 9.92. The maximum atomic E-state index is 13.4. The van der Waals surface area contributed by atoms with Crippen molar-refractivity contribution in [3.8, 4) is 0 Å². The minimum Gasteiger partial charge on any atom is -0.343 e. The van der Waals surface area contributed by atoms with Crippen LogP contribution in [0.4, 0.5) is 0 Å². The summed E-state index contributed by atoms with van der Waals surface area (Å²) in [5.41, 5.74) is 2.07. The molecule has 7 heteroatoms. The molecule has 148 valence electrons. The van der Waals surface area contributed by atoms with E-state index in [2.05, 4.69) is 15.9 Å². The van der Waals surface area contributed by atoms with E-state index in [1.807, 2.05) is 29.2 Å². The summed E-state index contributed by atoms with van der Waals surface area (Å²) in [6.45, 7) is 1.92. The lowest BCUT2D eigenvalue weighted by molar-refractivity contribution is -0.131. The standard InChI is InChI=1S/C21H23BrN2O3S/c22-17-7-9-18(10-8-17)28(26,27)24-14-11-16-5-1-2-6-19(16)20(24)15-21(25)23-12-3-4-13-23/h1-2,5-10,20H,3-4,11-15H2. The first-order chi connectivity index (χ1) is 13.5. The van der Waals surface area contributed by atoms with Crippen molar-refractivity contribution >= 4 is 31.9 Å². The zero-order valence-electron chi connectivity index (χ0n) is 15.6. The first-order valence-corrected chi connectivity index (χ1v) is 11.8. The number of hydrogen-bond donors (Lipinski definition) is 0. The fourth-order valence-corrected chi connectivity index (χ4v) is 6.00. The molecular weight excluding hydrogens is 440 g/mol. The van der Waals surface area contributed by atoms with Crippen LogP contribution >= 0.6 is 15.9 Å². The van der Waals surface area contributed by atoms with Gasteiger partial charge in [0, 0.05) is 30.5 Å². The van der Waals surface area contributed by atoms with E-state index in [9.17, 15) is 13.2 Å². The van der Waals surface area contributed by atoms with Gasteiger partial charge in [-0.15, -0.1) is 0 Å². The molecule has 0 aromatic heterocycles. The normalized spacial score (nSPS) is 20.2. The summed E-state index contributed by atoms with van der Waals surface area (Å²) < 4.78 is 29.2. The average molecular weight is 463 g/mol. The number of amides is 1. The zero-order valence-corrected chi connectivity index (χ0v) is 18.0. The summed E-state index contributed by atoms with van der Waals surface area (Å²) in [6.07, 6.45) is 2.88. The van der Waals surface area contributed by atoms with E-state index in [-0.39, 0.29) is 17.2 Å². The van der Waals surface area contributed by atoms with Gasteiger partial charge in [-0.05, 0) is 54.7 Å². The summed E-state index contributed by atoms with van der Waals surface area (Å²) in [5, 5.41) is 0. The van der Waals surface area contributed by atoms with Gasteiger partial charge in [-0.1, -0.05) is 40.2 Å². The maximum Gasteiger partial charge on any atom is 0.243 e. The lowest BCUT2D eigenvalue weighted by Gasteiger charge is -2.36. The molecule has 1 unspecified atom stereocenters. The van der Waals surface area contributed by atoms with Crippen molar-refractivity contribution in [2.75, 3.05) is 19.6 Å². The molecular formula is C21H23BrN2O3S. The molecule has 2 aromatic carbocycles. The number of halogens is 1. The van der Waals surface area contributed by atoms with E-state index in [4.69, 9.17) is 0 Å². The quantitative estimate of drug-likeness (QED) is 0.694. The Labute approximate surface area is 174 Å². The van der Waals surface area contributed by atoms with E-state index >= 15 is 0 Å². The molecule has 1 fully saturated rings. The summed E-state index contributed by atoms with van der Waals surface area (Å²) in [6, 6.07) is 14.1. The molecule has 2 aliphatic heterocycles. The monoisotopic (exact) mass is 462 g/mol. The number of carbonyl (C=O) groups is 1. The Hall–Kier alpha value is -1.70. The minimum absolute atomic E-state index is 0.0372. The molecule has 0 N–H and O–H groups in total. The van der Waals surface area contributed by atoms with Gasteiger partial charge in [-0.25, -0.2) is 8.42 Å². The van der Waals surface area contributed by atoms with Crippen LogP contribution in [-0.2, 0) is 21.2 Å². The number of likely N-dealkylation sites (tertiary alicyclic amines) is 1. The Balaban J connectivity index is 1.70. The lowest BCUT2D eigenvalue weighted by Crippen LogP contribution is -2.42. The van der Waals surface area contributed by atoms with E-state index in [0.717, 1.165) is 41.5 Å². The molecule has 4 rings (SSSR count). The summed E-state index contributed by atoms with van der Waals surface area (Å²) >= 11 is 3.35. The van der Waals surface area contributed by atoms with Gasteiger partial charge >= 0.3 is 0 Å². The van der Waals surface area contributed by atoms with E-state index < -0.39 is 16.1 Å². The van der Waals surface area contributed by atoms with E-state index in [1.165, 1.54) is 4.31 Å². The van der Waals surface area contributed by atoms with Gasteiger partial charge in [-0.3, -0.25) is 4.79 Å². The van der Waals surface area contributed by atoms with Crippen molar-refractivity contribution < 1.29 is 13.2 Å². The Morgan fingerprint density at radius 1 is 1.00 bits per heavy atom. The van der Waals surface area contributed by atoms with Crippen molar-refractivity contribution in [2.24, 2.45) is 0 Å². The van der Waals surface area contributed by atoms with Crippen molar-refractivity contribution in [2.45, 2.75) is 36.6 Å². The van der Waals surface area contributed by atoms with Crippen LogP contribution < -0.4 is 0 Å². The second-order valence-corrected chi connectivity index (χ2v) is 10.1. The van der Waals surface area contributed by atoms with Crippen LogP contribution in [-0.4, -0.2) is 43.2 Å². The summed E-state index contributed by atoms with van der Waals surface area (Å²) in [7, 11) is -3.70. The smallest absolute Gasteiger partial charge is 0.243 e. The molecule has 2 heterocycles. The number of rotatable bonds is 4. The molecule has 2 aromatic rings. The molecule has 1 saturated heterocycles. The Bertz CT molecular complexity index is 969. The molecule has 0 aliphatic carbocycles. The third-order valence-corrected chi connectivity index (χ3v) is 8.06. The van der Waals surface area contributed by atoms with Crippen LogP contribution in [0.2, 0.25) is 0 Å². The number of carbonyl (C=O) groups excluding carboxylic acids is 1. The van der Waals surface area contributed by atoms with Crippen LogP contribution in [0.15, 0.2) is 57.9 Å². The van der Waals surface area contributed by atoms with Gasteiger partial charge in [0.1, 0.15) is 0 Å². The van der Waals surface area contributed by atoms with Crippen LogP contribution in [0.1, 0.15) is 36.4 Å². The number of fused-ring (bicyclic) bond motifs is 1. The summed E-state index contributed by atoms with van der Waals surface area (Å²) in [5.74, 6) is 0.0372. The van der Waals surface area contributed by atoms with Crippen molar-refractivity contribution in [1.29, 1.82) is 0 Å². The van der Waals surface area contributed by atoms with Crippen molar-refractivity contribution in [3.63, 3.8) is 0 Å². The van der Waals surface area contributed by atoms with Crippen LogP contribution in [0.5, 0.6) is 0 Å². The largest absolute Gasteiger partial charge is 0.343 e. The van der Waals surface area contributed by atoms with Gasteiger partial charge in [0.05, 0.1) is 10.9 Å². The molecule has 2 aliphatic rings. The van der Waals surface area contributed by atoms with Crippen molar-refractivity contribution in [3.05, 3.63) is 64.1 Å². The molecule has 1 atom stereocenters. The van der Waals surface area contributed by atoms with E-state index in [0.29, 0.717) is 13.0 Å². The SMILES string of the molecule is O=C(CC1c2ccccc2CCN1S(=O)(=O)c1ccc(Br)cc1)N1CCCC1. The highest BCUT2D eigenvalue weighted by Crippen LogP contribution is 2.37. The Kier molecular flexibility index (Phi) is 5.58. The second-order valence-electron chi connectivity index (χ2n) is 7.33. The maximum absolute atomic E-state index is 13.4. The first-order valence-electron chi connectivity index (χ1n) is 9.60. The zero-order chi connectivity index (χ0) is 19.7. The first kappa shape index (κ1) is 19.6. The van der Waals surface area contributed by atoms with E-state index in [1.54, 1.807) is 24.3 Å². The predicted molar refractivity (Wildman–Crippen MR) is 111 cm³/mol. The highest BCUT2D eigenvalue weighted by Gasteiger charge is 2.38. The number of hydrogen-bond acceptors (Lipinski definition) is 3. The van der Waals surface area contributed by atoms with Crippen molar-refractivity contribution in [1.82, 2.24) is 9.21 Å². The predicted octanol–water partition coefficient (Wildman–Crippen LogP) is 3.75. The fourth-order valence-electron chi connectivity index (χ4n) is 4.13. The topological polar surface area (TPSA) is 57.7 Å². The van der Waals surface area contributed by atoms with Crippen LogP contribution in [0.3, 0.4) is 0 Å². The van der Waals surface area contributed by atoms with Gasteiger partial charge in [0.2, 0.25) is 15.9 Å². The molecule has 28 heavy (non-hydrogen) atoms. The average Bonchev–Trinajstić information content (AvgIpc) is 3.23. The number of nitrogens with zero attached hydrogens (tertiary/aromatic N) is 2.